The Bertz CT molecular complexity index is 1980. The van der Waals surface area contributed by atoms with Gasteiger partial charge in [-0.05, 0) is 93.6 Å². The molecule has 0 atom stereocenters. The van der Waals surface area contributed by atoms with Crippen molar-refractivity contribution in [2.75, 3.05) is 48.4 Å². The highest BCUT2D eigenvalue weighted by molar-refractivity contribution is 6.13. The normalized spacial score (nSPS) is 15.6. The van der Waals surface area contributed by atoms with E-state index in [2.05, 4.69) is 20.8 Å². The summed E-state index contributed by atoms with van der Waals surface area (Å²) in [6.45, 7) is 6.75. The number of benzene rings is 3. The van der Waals surface area contributed by atoms with Gasteiger partial charge in [-0.3, -0.25) is 14.7 Å². The Balaban J connectivity index is 1.27. The van der Waals surface area contributed by atoms with Crippen LogP contribution in [0.2, 0.25) is 0 Å². The van der Waals surface area contributed by atoms with Gasteiger partial charge in [0, 0.05) is 61.9 Å². The van der Waals surface area contributed by atoms with Gasteiger partial charge < -0.3 is 29.9 Å². The Morgan fingerprint density at radius 3 is 2.32 bits per heavy atom. The van der Waals surface area contributed by atoms with Crippen LogP contribution < -0.4 is 15.5 Å². The van der Waals surface area contributed by atoms with Crippen molar-refractivity contribution < 1.29 is 45.8 Å². The Morgan fingerprint density at radius 1 is 0.962 bits per heavy atom. The summed E-state index contributed by atoms with van der Waals surface area (Å²) in [5.41, 5.74) is 0.816. The van der Waals surface area contributed by atoms with Gasteiger partial charge in [-0.1, -0.05) is 6.07 Å². The van der Waals surface area contributed by atoms with Crippen LogP contribution in [-0.4, -0.2) is 83.7 Å². The Labute approximate surface area is 301 Å². The van der Waals surface area contributed by atoms with Gasteiger partial charge in [0.2, 0.25) is 0 Å². The number of likely N-dealkylation sites (tertiary alicyclic amines) is 1. The molecule has 2 saturated heterocycles. The topological polar surface area (TPSA) is 129 Å². The molecular formula is C37H39F5N6O5. The summed E-state index contributed by atoms with van der Waals surface area (Å²) in [7, 11) is 0. The molecule has 3 N–H and O–H groups in total. The minimum atomic E-state index is -5.24. The van der Waals surface area contributed by atoms with Crippen molar-refractivity contribution in [1.82, 2.24) is 15.1 Å². The third kappa shape index (κ3) is 9.04. The number of anilines is 3. The van der Waals surface area contributed by atoms with E-state index >= 15 is 0 Å². The van der Waals surface area contributed by atoms with Crippen molar-refractivity contribution >= 4 is 46.0 Å². The third-order valence-corrected chi connectivity index (χ3v) is 8.91. The van der Waals surface area contributed by atoms with Crippen molar-refractivity contribution in [3.8, 4) is 0 Å². The average Bonchev–Trinajstić information content (AvgIpc) is 3.44. The summed E-state index contributed by atoms with van der Waals surface area (Å²) in [6, 6.07) is 11.6. The van der Waals surface area contributed by atoms with Crippen molar-refractivity contribution in [2.24, 2.45) is 5.92 Å². The van der Waals surface area contributed by atoms with E-state index in [0.717, 1.165) is 6.07 Å². The molecule has 0 unspecified atom stereocenters. The third-order valence-electron chi connectivity index (χ3n) is 8.91. The van der Waals surface area contributed by atoms with E-state index in [1.807, 2.05) is 0 Å². The van der Waals surface area contributed by atoms with E-state index in [1.54, 1.807) is 43.9 Å². The first-order valence-corrected chi connectivity index (χ1v) is 17.1. The molecule has 0 saturated carbocycles. The number of hydrogen-bond donors (Lipinski definition) is 3. The van der Waals surface area contributed by atoms with Gasteiger partial charge in [-0.25, -0.2) is 13.6 Å². The number of nitrogens with one attached hydrogen (secondary N) is 3. The quantitative estimate of drug-likeness (QED) is 0.157. The zero-order valence-corrected chi connectivity index (χ0v) is 29.3. The fraction of sp³-hybridized carbons (Fsp3) is 0.405. The number of hydrogen-bond acceptors (Lipinski definition) is 7. The lowest BCUT2D eigenvalue weighted by Crippen LogP contribution is -2.53. The first-order chi connectivity index (χ1) is 25.0. The van der Waals surface area contributed by atoms with Gasteiger partial charge in [-0.15, -0.1) is 0 Å². The second-order valence-electron chi connectivity index (χ2n) is 14.2. The number of nitrogens with zero attached hydrogens (tertiary/aromatic N) is 3. The Hall–Kier alpha value is -5.25. The van der Waals surface area contributed by atoms with Crippen molar-refractivity contribution in [2.45, 2.75) is 57.9 Å². The molecule has 2 aliphatic heterocycles. The molecule has 282 valence electrons. The molecular weight excluding hydrogens is 703 g/mol. The number of aromatic amines is 1. The second kappa shape index (κ2) is 15.0. The summed E-state index contributed by atoms with van der Waals surface area (Å²) in [5, 5.41) is 13.3. The maximum Gasteiger partial charge on any atom is 0.471 e. The van der Waals surface area contributed by atoms with Crippen molar-refractivity contribution in [3.63, 3.8) is 0 Å². The maximum absolute atomic E-state index is 14.2. The second-order valence-corrected chi connectivity index (χ2v) is 14.2. The number of carbonyl (C=O) groups is 3. The maximum atomic E-state index is 14.2. The molecule has 16 heteroatoms. The number of aromatic nitrogens is 2. The van der Waals surface area contributed by atoms with Crippen LogP contribution in [0.3, 0.4) is 0 Å². The fourth-order valence-electron chi connectivity index (χ4n) is 6.41. The molecule has 2 aliphatic rings. The molecule has 0 spiro atoms. The van der Waals surface area contributed by atoms with Gasteiger partial charge in [0.25, 0.3) is 5.91 Å². The molecule has 3 aromatic carbocycles. The predicted octanol–water partition coefficient (Wildman–Crippen LogP) is 7.04. The highest BCUT2D eigenvalue weighted by Gasteiger charge is 2.46. The number of H-pyrrole nitrogens is 1. The van der Waals surface area contributed by atoms with Crippen LogP contribution in [0.4, 0.5) is 43.9 Å². The SMILES string of the molecule is CC(C)(C)OC(=O)N1CC(CNc2ccc(C(=O)Nc3n[nH]c4ccc(Cc5cc(F)cc(F)c5)cc34)c(N(C(=O)C(F)(F)F)C3CCOCC3)c2)C1. The lowest BCUT2D eigenvalue weighted by molar-refractivity contribution is -0.171. The summed E-state index contributed by atoms with van der Waals surface area (Å²) in [6.07, 6.45) is -5.28. The van der Waals surface area contributed by atoms with Crippen LogP contribution in [0.5, 0.6) is 0 Å². The first-order valence-electron chi connectivity index (χ1n) is 17.1. The molecule has 0 radical (unpaired) electrons. The molecule has 2 fully saturated rings. The minimum absolute atomic E-state index is 0.0233. The minimum Gasteiger partial charge on any atom is -0.444 e. The smallest absolute Gasteiger partial charge is 0.444 e. The lowest BCUT2D eigenvalue weighted by atomic mass is 10.00. The van der Waals surface area contributed by atoms with Crippen LogP contribution in [0.1, 0.15) is 55.1 Å². The van der Waals surface area contributed by atoms with Gasteiger partial charge in [0.15, 0.2) is 5.82 Å². The number of rotatable bonds is 9. The zero-order valence-electron chi connectivity index (χ0n) is 29.3. The number of alkyl halides is 3. The molecule has 3 heterocycles. The lowest BCUT2D eigenvalue weighted by Gasteiger charge is -2.40. The standard InChI is InChI=1S/C37H39F5N6O5/c1-36(2,3)53-35(51)47-19-23(20-47)18-43-26-5-6-28(31(17-26)48(34(50)37(40,41)42)27-8-10-52-11-9-27)33(49)44-32-29-15-21(4-7-30(29)45-46-32)12-22-13-24(38)16-25(39)14-22/h4-7,13-17,23,27,43H,8-12,18-20H2,1-3H3,(H2,44,45,46,49). The summed E-state index contributed by atoms with van der Waals surface area (Å²) in [5.74, 6) is -4.30. The Kier molecular flexibility index (Phi) is 10.6. The van der Waals surface area contributed by atoms with Crippen LogP contribution in [0.25, 0.3) is 10.9 Å². The molecule has 1 aromatic heterocycles. The zero-order chi connectivity index (χ0) is 38.1. The van der Waals surface area contributed by atoms with E-state index in [9.17, 15) is 36.3 Å². The molecule has 3 amide bonds. The van der Waals surface area contributed by atoms with Gasteiger partial charge >= 0.3 is 18.2 Å². The van der Waals surface area contributed by atoms with Crippen molar-refractivity contribution in [1.29, 1.82) is 0 Å². The predicted molar refractivity (Wildman–Crippen MR) is 187 cm³/mol. The molecule has 0 aliphatic carbocycles. The van der Waals surface area contributed by atoms with Crippen LogP contribution in [-0.2, 0) is 20.7 Å². The summed E-state index contributed by atoms with van der Waals surface area (Å²) >= 11 is 0. The van der Waals surface area contributed by atoms with Crippen molar-refractivity contribution in [3.05, 3.63) is 82.9 Å². The number of ether oxygens (including phenoxy) is 2. The van der Waals surface area contributed by atoms with Gasteiger partial charge in [0.1, 0.15) is 17.2 Å². The highest BCUT2D eigenvalue weighted by atomic mass is 19.4. The van der Waals surface area contributed by atoms with Crippen LogP contribution >= 0.6 is 0 Å². The summed E-state index contributed by atoms with van der Waals surface area (Å²) in [4.78, 5) is 41.6. The number of fused-ring (bicyclic) bond motifs is 1. The number of halogens is 5. The van der Waals surface area contributed by atoms with E-state index in [-0.39, 0.29) is 55.5 Å². The van der Waals surface area contributed by atoms with E-state index < -0.39 is 47.4 Å². The first kappa shape index (κ1) is 37.5. The largest absolute Gasteiger partial charge is 0.471 e. The molecule has 6 rings (SSSR count). The number of carbonyl (C=O) groups excluding carboxylic acids is 3. The monoisotopic (exact) mass is 742 g/mol. The highest BCUT2D eigenvalue weighted by Crippen LogP contribution is 2.35. The van der Waals surface area contributed by atoms with Gasteiger partial charge in [0.05, 0.1) is 16.8 Å². The molecule has 4 aromatic rings. The fourth-order valence-corrected chi connectivity index (χ4v) is 6.41. The van der Waals surface area contributed by atoms with Gasteiger partial charge in [-0.2, -0.15) is 18.3 Å². The Morgan fingerprint density at radius 2 is 1.66 bits per heavy atom. The van der Waals surface area contributed by atoms with Crippen LogP contribution in [0, 0.1) is 17.6 Å². The van der Waals surface area contributed by atoms with E-state index in [0.29, 0.717) is 52.3 Å². The van der Waals surface area contributed by atoms with E-state index in [1.165, 1.54) is 30.3 Å². The molecule has 53 heavy (non-hydrogen) atoms. The van der Waals surface area contributed by atoms with Crippen LogP contribution in [0.15, 0.2) is 54.6 Å². The number of amides is 3. The molecule has 0 bridgehead atoms. The van der Waals surface area contributed by atoms with E-state index in [4.69, 9.17) is 9.47 Å². The summed E-state index contributed by atoms with van der Waals surface area (Å²) < 4.78 is 80.9. The average molecular weight is 743 g/mol. The molecule has 11 nitrogen and oxygen atoms in total.